The summed E-state index contributed by atoms with van der Waals surface area (Å²) >= 11 is 3.32. The number of rotatable bonds is 6. The summed E-state index contributed by atoms with van der Waals surface area (Å²) in [6.45, 7) is 1.34. The van der Waals surface area contributed by atoms with Crippen LogP contribution in [0.25, 0.3) is 0 Å². The molecule has 0 heterocycles. The fraction of sp³-hybridized carbons (Fsp3) is 0.167. The molecule has 0 aromatic heterocycles. The molecule has 0 radical (unpaired) electrons. The van der Waals surface area contributed by atoms with Crippen LogP contribution in [0, 0.1) is 0 Å². The molecule has 0 unspecified atom stereocenters. The van der Waals surface area contributed by atoms with E-state index in [2.05, 4.69) is 26.6 Å². The van der Waals surface area contributed by atoms with Crippen LogP contribution in [0.4, 0.5) is 5.69 Å². The van der Waals surface area contributed by atoms with Crippen molar-refractivity contribution in [3.8, 4) is 0 Å². The molecule has 2 aromatic rings. The highest BCUT2D eigenvalue weighted by molar-refractivity contribution is 9.10. The molecule has 6 nitrogen and oxygen atoms in total. The van der Waals surface area contributed by atoms with Crippen molar-refractivity contribution < 1.29 is 19.5 Å². The lowest BCUT2D eigenvalue weighted by Crippen LogP contribution is -2.42. The summed E-state index contributed by atoms with van der Waals surface area (Å²) in [5.74, 6) is -2.01. The number of carboxylic acid groups (broad SMARTS) is 1. The van der Waals surface area contributed by atoms with Crippen molar-refractivity contribution in [2.75, 3.05) is 5.32 Å². The van der Waals surface area contributed by atoms with E-state index in [0.29, 0.717) is 5.69 Å². The van der Waals surface area contributed by atoms with Gasteiger partial charge in [-0.3, -0.25) is 9.59 Å². The Hall–Kier alpha value is -2.67. The number of nitrogens with one attached hydrogen (secondary N) is 2. The molecule has 0 fully saturated rings. The van der Waals surface area contributed by atoms with Crippen LogP contribution >= 0.6 is 15.9 Å². The zero-order chi connectivity index (χ0) is 18.4. The molecule has 2 amide bonds. The summed E-state index contributed by atoms with van der Waals surface area (Å²) in [7, 11) is 0. The van der Waals surface area contributed by atoms with Gasteiger partial charge in [0.15, 0.2) is 0 Å². The number of hydrogen-bond acceptors (Lipinski definition) is 3. The Balaban J connectivity index is 2.17. The molecular weight excluding hydrogens is 388 g/mol. The number of amides is 2. The van der Waals surface area contributed by atoms with Gasteiger partial charge in [-0.15, -0.1) is 0 Å². The number of hydrogen-bond donors (Lipinski definition) is 3. The van der Waals surface area contributed by atoms with E-state index in [1.165, 1.54) is 13.0 Å². The molecule has 0 aliphatic heterocycles. The van der Waals surface area contributed by atoms with Crippen LogP contribution in [0.1, 0.15) is 22.8 Å². The summed E-state index contributed by atoms with van der Waals surface area (Å²) < 4.78 is 0.886. The summed E-state index contributed by atoms with van der Waals surface area (Å²) in [5, 5.41) is 14.5. The number of para-hydroxylation sites is 1. The Kier molecular flexibility index (Phi) is 6.30. The highest BCUT2D eigenvalue weighted by Crippen LogP contribution is 2.16. The van der Waals surface area contributed by atoms with Crippen molar-refractivity contribution >= 4 is 39.4 Å². The minimum Gasteiger partial charge on any atom is -0.480 e. The number of halogens is 1. The Labute approximate surface area is 153 Å². The minimum absolute atomic E-state index is 0.149. The van der Waals surface area contributed by atoms with Crippen molar-refractivity contribution in [3.05, 3.63) is 64.1 Å². The number of carboxylic acids is 1. The molecule has 130 valence electrons. The van der Waals surface area contributed by atoms with Crippen LogP contribution in [0.2, 0.25) is 0 Å². The molecule has 0 saturated carbocycles. The summed E-state index contributed by atoms with van der Waals surface area (Å²) in [5.41, 5.74) is 1.33. The van der Waals surface area contributed by atoms with E-state index in [9.17, 15) is 19.5 Å². The highest BCUT2D eigenvalue weighted by atomic mass is 79.9. The molecule has 25 heavy (non-hydrogen) atoms. The topological polar surface area (TPSA) is 95.5 Å². The van der Waals surface area contributed by atoms with Crippen LogP contribution < -0.4 is 10.6 Å². The van der Waals surface area contributed by atoms with E-state index < -0.39 is 17.9 Å². The molecule has 0 spiro atoms. The van der Waals surface area contributed by atoms with Crippen LogP contribution in [-0.2, 0) is 16.0 Å². The second-order valence-corrected chi connectivity index (χ2v) is 6.34. The Morgan fingerprint density at radius 2 is 1.72 bits per heavy atom. The van der Waals surface area contributed by atoms with Crippen LogP contribution in [0.15, 0.2) is 53.0 Å². The standard InChI is InChI=1S/C18H17BrN2O4/c1-11(22)20-15-5-3-2-4-14(15)17(23)21-16(18(24)25)10-12-6-8-13(19)9-7-12/h2-9,16H,10H2,1H3,(H,20,22)(H,21,23)(H,24,25)/t16-/m1/s1. The fourth-order valence-electron chi connectivity index (χ4n) is 2.27. The van der Waals surface area contributed by atoms with Crippen LogP contribution in [-0.4, -0.2) is 28.9 Å². The van der Waals surface area contributed by atoms with E-state index in [1.807, 2.05) is 12.1 Å². The highest BCUT2D eigenvalue weighted by Gasteiger charge is 2.22. The average molecular weight is 405 g/mol. The number of anilines is 1. The molecule has 7 heteroatoms. The fourth-order valence-corrected chi connectivity index (χ4v) is 2.54. The predicted molar refractivity (Wildman–Crippen MR) is 97.5 cm³/mol. The van der Waals surface area contributed by atoms with Gasteiger partial charge in [-0.2, -0.15) is 0 Å². The van der Waals surface area contributed by atoms with Crippen LogP contribution in [0.5, 0.6) is 0 Å². The number of carbonyl (C=O) groups is 3. The van der Waals surface area contributed by atoms with Gasteiger partial charge in [-0.1, -0.05) is 40.2 Å². The number of carbonyl (C=O) groups excluding carboxylic acids is 2. The van der Waals surface area contributed by atoms with Gasteiger partial charge < -0.3 is 15.7 Å². The van der Waals surface area contributed by atoms with Crippen LogP contribution in [0.3, 0.4) is 0 Å². The van der Waals surface area contributed by atoms with Crippen molar-refractivity contribution in [2.45, 2.75) is 19.4 Å². The summed E-state index contributed by atoms with van der Waals surface area (Å²) in [6.07, 6.45) is 0.149. The van der Waals surface area contributed by atoms with Gasteiger partial charge in [0.1, 0.15) is 6.04 Å². The van der Waals surface area contributed by atoms with E-state index >= 15 is 0 Å². The zero-order valence-electron chi connectivity index (χ0n) is 13.5. The third kappa shape index (κ3) is 5.42. The van der Waals surface area contributed by atoms with E-state index in [4.69, 9.17) is 0 Å². The van der Waals surface area contributed by atoms with Crippen molar-refractivity contribution in [1.82, 2.24) is 5.32 Å². The predicted octanol–water partition coefficient (Wildman–Crippen LogP) is 2.83. The molecule has 3 N–H and O–H groups in total. The Morgan fingerprint density at radius 3 is 2.32 bits per heavy atom. The quantitative estimate of drug-likeness (QED) is 0.689. The number of benzene rings is 2. The molecule has 0 bridgehead atoms. The maximum absolute atomic E-state index is 12.5. The molecule has 2 rings (SSSR count). The summed E-state index contributed by atoms with van der Waals surface area (Å²) in [6, 6.07) is 12.5. The van der Waals surface area contributed by atoms with Gasteiger partial charge in [0.2, 0.25) is 5.91 Å². The first-order chi connectivity index (χ1) is 11.9. The monoisotopic (exact) mass is 404 g/mol. The van der Waals surface area contributed by atoms with Crippen molar-refractivity contribution in [1.29, 1.82) is 0 Å². The van der Waals surface area contributed by atoms with Crippen molar-refractivity contribution in [2.24, 2.45) is 0 Å². The summed E-state index contributed by atoms with van der Waals surface area (Å²) in [4.78, 5) is 35.2. The van der Waals surface area contributed by atoms with E-state index in [-0.39, 0.29) is 17.9 Å². The van der Waals surface area contributed by atoms with E-state index in [1.54, 1.807) is 30.3 Å². The average Bonchev–Trinajstić information content (AvgIpc) is 2.56. The maximum atomic E-state index is 12.5. The zero-order valence-corrected chi connectivity index (χ0v) is 15.0. The van der Waals surface area contributed by atoms with Gasteiger partial charge in [0.05, 0.1) is 11.3 Å². The van der Waals surface area contributed by atoms with Crippen molar-refractivity contribution in [3.63, 3.8) is 0 Å². The third-order valence-electron chi connectivity index (χ3n) is 3.44. The second-order valence-electron chi connectivity index (χ2n) is 5.42. The van der Waals surface area contributed by atoms with Gasteiger partial charge >= 0.3 is 5.97 Å². The third-order valence-corrected chi connectivity index (χ3v) is 3.97. The van der Waals surface area contributed by atoms with Gasteiger partial charge in [0.25, 0.3) is 5.91 Å². The van der Waals surface area contributed by atoms with E-state index in [0.717, 1.165) is 10.0 Å². The molecule has 2 aromatic carbocycles. The van der Waals surface area contributed by atoms with Gasteiger partial charge in [0, 0.05) is 17.8 Å². The SMILES string of the molecule is CC(=O)Nc1ccccc1C(=O)N[C@H](Cc1ccc(Br)cc1)C(=O)O. The molecule has 0 aliphatic carbocycles. The largest absolute Gasteiger partial charge is 0.480 e. The first-order valence-corrected chi connectivity index (χ1v) is 8.31. The smallest absolute Gasteiger partial charge is 0.326 e. The van der Waals surface area contributed by atoms with Gasteiger partial charge in [-0.05, 0) is 29.8 Å². The molecular formula is C18H17BrN2O4. The molecule has 1 atom stereocenters. The lowest BCUT2D eigenvalue weighted by Gasteiger charge is -2.16. The molecule has 0 saturated heterocycles. The second kappa shape index (κ2) is 8.43. The normalized spacial score (nSPS) is 11.4. The van der Waals surface area contributed by atoms with Gasteiger partial charge in [-0.25, -0.2) is 4.79 Å². The Morgan fingerprint density at radius 1 is 1.08 bits per heavy atom. The Bertz CT molecular complexity index is 790. The first kappa shape index (κ1) is 18.7. The minimum atomic E-state index is -1.13. The maximum Gasteiger partial charge on any atom is 0.326 e. The number of aliphatic carboxylic acids is 1. The lowest BCUT2D eigenvalue weighted by atomic mass is 10.1. The molecule has 0 aliphatic rings. The first-order valence-electron chi connectivity index (χ1n) is 7.51. The lowest BCUT2D eigenvalue weighted by molar-refractivity contribution is -0.139.